The number of hydrogen-bond acceptors (Lipinski definition) is 7. The zero-order valence-corrected chi connectivity index (χ0v) is 11.0. The lowest BCUT2D eigenvalue weighted by Crippen LogP contribution is -2.11. The van der Waals surface area contributed by atoms with Gasteiger partial charge >= 0.3 is 0 Å². The molecule has 0 aliphatic rings. The van der Waals surface area contributed by atoms with Crippen LogP contribution in [0.3, 0.4) is 0 Å². The summed E-state index contributed by atoms with van der Waals surface area (Å²) in [6.45, 7) is 4.07. The lowest BCUT2D eigenvalue weighted by atomic mass is 10.2. The number of nitrogens with zero attached hydrogens (tertiary/aromatic N) is 4. The summed E-state index contributed by atoms with van der Waals surface area (Å²) in [5.41, 5.74) is 2.55. The Morgan fingerprint density at radius 2 is 2.11 bits per heavy atom. The van der Waals surface area contributed by atoms with Crippen LogP contribution in [0.25, 0.3) is 0 Å². The van der Waals surface area contributed by atoms with Gasteiger partial charge in [0.2, 0.25) is 0 Å². The summed E-state index contributed by atoms with van der Waals surface area (Å²) >= 11 is 1.45. The number of hydrogen-bond donors (Lipinski definition) is 2. The molecule has 18 heavy (non-hydrogen) atoms. The van der Waals surface area contributed by atoms with Crippen LogP contribution in [0.2, 0.25) is 0 Å². The smallest absolute Gasteiger partial charge is 0.144 e. The maximum absolute atomic E-state index is 5.41. The van der Waals surface area contributed by atoms with Crippen molar-refractivity contribution in [3.8, 4) is 0 Å². The molecule has 0 radical (unpaired) electrons. The second kappa shape index (κ2) is 5.74. The van der Waals surface area contributed by atoms with E-state index in [0.717, 1.165) is 15.9 Å². The first-order chi connectivity index (χ1) is 8.69. The fourth-order valence-electron chi connectivity index (χ4n) is 1.27. The van der Waals surface area contributed by atoms with Gasteiger partial charge in [-0.15, -0.1) is 0 Å². The topological polar surface area (TPSA) is 89.6 Å². The fourth-order valence-corrected chi connectivity index (χ4v) is 2.03. The molecule has 0 aliphatic carbocycles. The van der Waals surface area contributed by atoms with Crippen LogP contribution < -0.4 is 11.3 Å². The largest absolute Gasteiger partial charge is 0.308 e. The molecule has 2 heterocycles. The number of nitrogen functional groups attached to an aromatic ring is 1. The highest BCUT2D eigenvalue weighted by Crippen LogP contribution is 2.26. The number of aromatic nitrogens is 4. The molecule has 94 valence electrons. The molecule has 2 aromatic rings. The molecule has 0 amide bonds. The summed E-state index contributed by atoms with van der Waals surface area (Å²) in [5.74, 6) is 7.00. The van der Waals surface area contributed by atoms with E-state index in [-0.39, 0.29) is 5.92 Å². The maximum atomic E-state index is 5.41. The number of nitrogens with one attached hydrogen (secondary N) is 1. The summed E-state index contributed by atoms with van der Waals surface area (Å²) in [4.78, 5) is 16.8. The minimum atomic E-state index is 0.239. The summed E-state index contributed by atoms with van der Waals surface area (Å²) in [7, 11) is 0. The van der Waals surface area contributed by atoms with Crippen LogP contribution in [-0.2, 0) is 0 Å². The molecular formula is C11H14N6S. The third-order valence-corrected chi connectivity index (χ3v) is 3.02. The molecule has 2 rings (SSSR count). The molecule has 0 saturated heterocycles. The van der Waals surface area contributed by atoms with Crippen molar-refractivity contribution in [2.75, 3.05) is 5.43 Å². The Hall–Kier alpha value is -1.73. The van der Waals surface area contributed by atoms with Crippen molar-refractivity contribution in [2.45, 2.75) is 29.8 Å². The molecule has 0 aliphatic heterocycles. The average molecular weight is 262 g/mol. The van der Waals surface area contributed by atoms with Gasteiger partial charge in [0.15, 0.2) is 0 Å². The third-order valence-electron chi connectivity index (χ3n) is 2.15. The summed E-state index contributed by atoms with van der Waals surface area (Å²) in [6.07, 6.45) is 3.21. The van der Waals surface area contributed by atoms with Gasteiger partial charge in [-0.05, 0) is 17.8 Å². The Kier molecular flexibility index (Phi) is 4.06. The zero-order valence-electron chi connectivity index (χ0n) is 10.2. The van der Waals surface area contributed by atoms with Gasteiger partial charge in [-0.2, -0.15) is 0 Å². The Labute approximate surface area is 109 Å². The van der Waals surface area contributed by atoms with Gasteiger partial charge in [-0.1, -0.05) is 13.8 Å². The highest BCUT2D eigenvalue weighted by atomic mass is 32.2. The quantitative estimate of drug-likeness (QED) is 0.493. The van der Waals surface area contributed by atoms with Crippen LogP contribution in [-0.4, -0.2) is 19.9 Å². The highest BCUT2D eigenvalue weighted by molar-refractivity contribution is 7.99. The van der Waals surface area contributed by atoms with E-state index in [9.17, 15) is 0 Å². The van der Waals surface area contributed by atoms with Crippen LogP contribution >= 0.6 is 11.8 Å². The molecule has 0 unspecified atom stereocenters. The summed E-state index contributed by atoms with van der Waals surface area (Å²) in [6, 6.07) is 3.62. The predicted molar refractivity (Wildman–Crippen MR) is 70.1 cm³/mol. The Balaban J connectivity index is 2.30. The first kappa shape index (κ1) is 12.7. The molecule has 7 heteroatoms. The third kappa shape index (κ3) is 3.14. The van der Waals surface area contributed by atoms with E-state index in [0.29, 0.717) is 5.82 Å². The molecular weight excluding hydrogens is 248 g/mol. The van der Waals surface area contributed by atoms with Gasteiger partial charge in [0.1, 0.15) is 28.0 Å². The predicted octanol–water partition coefficient (Wildman–Crippen LogP) is 1.83. The van der Waals surface area contributed by atoms with Crippen LogP contribution in [0, 0.1) is 0 Å². The van der Waals surface area contributed by atoms with E-state index in [1.807, 2.05) is 19.9 Å². The van der Waals surface area contributed by atoms with Gasteiger partial charge in [-0.25, -0.2) is 25.8 Å². The van der Waals surface area contributed by atoms with Gasteiger partial charge < -0.3 is 5.43 Å². The lowest BCUT2D eigenvalue weighted by Gasteiger charge is -2.08. The second-order valence-corrected chi connectivity index (χ2v) is 4.94. The fraction of sp³-hybridized carbons (Fsp3) is 0.273. The number of hydrazine groups is 1. The molecule has 2 aromatic heterocycles. The van der Waals surface area contributed by atoms with Crippen molar-refractivity contribution in [1.29, 1.82) is 0 Å². The van der Waals surface area contributed by atoms with E-state index in [4.69, 9.17) is 5.84 Å². The SMILES string of the molecule is CC(C)c1nc(NN)cc(Sc2ccncn2)n1. The number of anilines is 1. The van der Waals surface area contributed by atoms with Crippen molar-refractivity contribution in [2.24, 2.45) is 5.84 Å². The lowest BCUT2D eigenvalue weighted by molar-refractivity contribution is 0.754. The molecule has 0 spiro atoms. The highest BCUT2D eigenvalue weighted by Gasteiger charge is 2.09. The minimum Gasteiger partial charge on any atom is -0.308 e. The Morgan fingerprint density at radius 1 is 1.28 bits per heavy atom. The molecule has 0 aromatic carbocycles. The molecule has 0 bridgehead atoms. The first-order valence-electron chi connectivity index (χ1n) is 5.48. The van der Waals surface area contributed by atoms with E-state index in [1.165, 1.54) is 18.1 Å². The zero-order chi connectivity index (χ0) is 13.0. The van der Waals surface area contributed by atoms with Gasteiger partial charge in [-0.3, -0.25) is 0 Å². The molecule has 0 saturated carbocycles. The van der Waals surface area contributed by atoms with Crippen molar-refractivity contribution in [3.05, 3.63) is 30.5 Å². The van der Waals surface area contributed by atoms with Crippen LogP contribution in [0.1, 0.15) is 25.6 Å². The Bertz CT molecular complexity index is 516. The van der Waals surface area contributed by atoms with Crippen molar-refractivity contribution >= 4 is 17.6 Å². The Morgan fingerprint density at radius 3 is 2.72 bits per heavy atom. The molecule has 0 atom stereocenters. The molecule has 0 fully saturated rings. The van der Waals surface area contributed by atoms with Crippen LogP contribution in [0.5, 0.6) is 0 Å². The monoisotopic (exact) mass is 262 g/mol. The van der Waals surface area contributed by atoms with Crippen molar-refractivity contribution in [1.82, 2.24) is 19.9 Å². The standard InChI is InChI=1S/C11H14N6S/c1-7(2)11-15-8(17-12)5-10(16-11)18-9-3-4-13-6-14-9/h3-7H,12H2,1-2H3,(H,15,16,17). The van der Waals surface area contributed by atoms with Crippen molar-refractivity contribution in [3.63, 3.8) is 0 Å². The normalized spacial score (nSPS) is 10.7. The average Bonchev–Trinajstić information content (AvgIpc) is 2.39. The van der Waals surface area contributed by atoms with Crippen LogP contribution in [0.15, 0.2) is 34.7 Å². The summed E-state index contributed by atoms with van der Waals surface area (Å²) < 4.78 is 0. The van der Waals surface area contributed by atoms with Crippen molar-refractivity contribution < 1.29 is 0 Å². The molecule has 6 nitrogen and oxygen atoms in total. The van der Waals surface area contributed by atoms with E-state index < -0.39 is 0 Å². The first-order valence-corrected chi connectivity index (χ1v) is 6.30. The maximum Gasteiger partial charge on any atom is 0.144 e. The second-order valence-electron chi connectivity index (χ2n) is 3.90. The van der Waals surface area contributed by atoms with E-state index >= 15 is 0 Å². The van der Waals surface area contributed by atoms with E-state index in [1.54, 1.807) is 12.3 Å². The molecule has 3 N–H and O–H groups in total. The van der Waals surface area contributed by atoms with Gasteiger partial charge in [0.05, 0.1) is 0 Å². The minimum absolute atomic E-state index is 0.239. The van der Waals surface area contributed by atoms with E-state index in [2.05, 4.69) is 25.4 Å². The van der Waals surface area contributed by atoms with Gasteiger partial charge in [0, 0.05) is 18.2 Å². The van der Waals surface area contributed by atoms with Crippen LogP contribution in [0.4, 0.5) is 5.82 Å². The van der Waals surface area contributed by atoms with Gasteiger partial charge in [0.25, 0.3) is 0 Å². The number of rotatable bonds is 4. The summed E-state index contributed by atoms with van der Waals surface area (Å²) in [5, 5.41) is 1.64. The number of nitrogens with two attached hydrogens (primary N) is 1.